The molecule has 0 fully saturated rings. The second-order valence-electron chi connectivity index (χ2n) is 2.76. The SMILES string of the molecule is CC[N-]C(CC)(CC)CC.[Zr]. The minimum Gasteiger partial charge on any atom is -0.657 e. The van der Waals surface area contributed by atoms with E-state index < -0.39 is 0 Å². The molecule has 0 aliphatic rings. The number of rotatable bonds is 5. The molecular weight excluding hydrogens is 213 g/mol. The van der Waals surface area contributed by atoms with Gasteiger partial charge in [0.15, 0.2) is 0 Å². The van der Waals surface area contributed by atoms with Crippen LogP contribution >= 0.6 is 0 Å². The molecule has 0 rings (SSSR count). The van der Waals surface area contributed by atoms with Crippen LogP contribution in [-0.2, 0) is 26.2 Å². The number of nitrogens with zero attached hydrogens (tertiary/aromatic N) is 1. The van der Waals surface area contributed by atoms with Gasteiger partial charge in [0.25, 0.3) is 0 Å². The summed E-state index contributed by atoms with van der Waals surface area (Å²) in [7, 11) is 0. The fourth-order valence-electron chi connectivity index (χ4n) is 1.42. The van der Waals surface area contributed by atoms with Crippen LogP contribution in [0.4, 0.5) is 0 Å². The second-order valence-corrected chi connectivity index (χ2v) is 2.76. The molecule has 0 radical (unpaired) electrons. The molecule has 0 spiro atoms. The van der Waals surface area contributed by atoms with Crippen LogP contribution in [0.1, 0.15) is 47.0 Å². The van der Waals surface area contributed by atoms with Crippen molar-refractivity contribution in [3.8, 4) is 0 Å². The Labute approximate surface area is 90.5 Å². The molecule has 0 saturated carbocycles. The van der Waals surface area contributed by atoms with Crippen LogP contribution in [0.25, 0.3) is 5.32 Å². The Balaban J connectivity index is 0. The van der Waals surface area contributed by atoms with Crippen LogP contribution in [0.2, 0.25) is 0 Å². The van der Waals surface area contributed by atoms with E-state index in [4.69, 9.17) is 0 Å². The summed E-state index contributed by atoms with van der Waals surface area (Å²) in [5.74, 6) is 0. The van der Waals surface area contributed by atoms with E-state index in [1.165, 1.54) is 19.3 Å². The first kappa shape index (κ1) is 14.4. The van der Waals surface area contributed by atoms with Crippen molar-refractivity contribution < 1.29 is 26.2 Å². The van der Waals surface area contributed by atoms with Crippen molar-refractivity contribution in [3.05, 3.63) is 5.32 Å². The van der Waals surface area contributed by atoms with Crippen molar-refractivity contribution in [1.82, 2.24) is 0 Å². The van der Waals surface area contributed by atoms with Crippen molar-refractivity contribution in [2.24, 2.45) is 0 Å². The maximum absolute atomic E-state index is 4.61. The summed E-state index contributed by atoms with van der Waals surface area (Å²) in [5, 5.41) is 4.61. The van der Waals surface area contributed by atoms with Gasteiger partial charge < -0.3 is 5.32 Å². The quantitative estimate of drug-likeness (QED) is 0.691. The van der Waals surface area contributed by atoms with Gasteiger partial charge in [0.05, 0.1) is 0 Å². The monoisotopic (exact) mass is 232 g/mol. The molecule has 0 aromatic heterocycles. The van der Waals surface area contributed by atoms with Gasteiger partial charge in [-0.3, -0.25) is 0 Å². The molecule has 0 amide bonds. The van der Waals surface area contributed by atoms with Gasteiger partial charge >= 0.3 is 0 Å². The van der Waals surface area contributed by atoms with Crippen molar-refractivity contribution in [2.45, 2.75) is 52.5 Å². The Morgan fingerprint density at radius 3 is 1.36 bits per heavy atom. The number of hydrogen-bond acceptors (Lipinski definition) is 0. The third-order valence-corrected chi connectivity index (χ3v) is 2.47. The van der Waals surface area contributed by atoms with Crippen molar-refractivity contribution in [3.63, 3.8) is 0 Å². The Morgan fingerprint density at radius 1 is 0.909 bits per heavy atom. The smallest absolute Gasteiger partial charge is 0 e. The van der Waals surface area contributed by atoms with Gasteiger partial charge in [0.2, 0.25) is 0 Å². The Bertz CT molecular complexity index is 71.4. The van der Waals surface area contributed by atoms with Crippen LogP contribution in [0, 0.1) is 0 Å². The fourth-order valence-corrected chi connectivity index (χ4v) is 1.42. The molecule has 11 heavy (non-hydrogen) atoms. The summed E-state index contributed by atoms with van der Waals surface area (Å²) in [6.45, 7) is 9.77. The second kappa shape index (κ2) is 7.49. The normalized spacial score (nSPS) is 10.9. The zero-order valence-corrected chi connectivity index (χ0v) is 10.7. The molecule has 66 valence electrons. The molecular formula is C9H20NZr-. The van der Waals surface area contributed by atoms with E-state index in [2.05, 4.69) is 33.0 Å². The Morgan fingerprint density at radius 2 is 1.27 bits per heavy atom. The van der Waals surface area contributed by atoms with Gasteiger partial charge in [-0.05, 0) is 0 Å². The Hall–Kier alpha value is 0.843. The summed E-state index contributed by atoms with van der Waals surface area (Å²) in [6, 6.07) is 0. The summed E-state index contributed by atoms with van der Waals surface area (Å²) >= 11 is 0. The molecule has 0 aromatic carbocycles. The molecule has 0 aromatic rings. The van der Waals surface area contributed by atoms with E-state index in [-0.39, 0.29) is 26.2 Å². The van der Waals surface area contributed by atoms with E-state index >= 15 is 0 Å². The zero-order chi connectivity index (χ0) is 8.04. The largest absolute Gasteiger partial charge is 0.657 e. The molecule has 2 heteroatoms. The standard InChI is InChI=1S/C9H20N.Zr/c1-5-9(6-2,7-3)10-8-4;/h5-8H2,1-4H3;/q-1;. The summed E-state index contributed by atoms with van der Waals surface area (Å²) < 4.78 is 0. The zero-order valence-electron chi connectivity index (χ0n) is 8.28. The van der Waals surface area contributed by atoms with Crippen LogP contribution in [0.5, 0.6) is 0 Å². The van der Waals surface area contributed by atoms with Gasteiger partial charge in [-0.25, -0.2) is 0 Å². The van der Waals surface area contributed by atoms with Crippen LogP contribution in [0.3, 0.4) is 0 Å². The summed E-state index contributed by atoms with van der Waals surface area (Å²) in [5.41, 5.74) is 0.300. The molecule has 1 nitrogen and oxygen atoms in total. The average molecular weight is 233 g/mol. The fraction of sp³-hybridized carbons (Fsp3) is 1.00. The van der Waals surface area contributed by atoms with E-state index in [0.29, 0.717) is 5.54 Å². The van der Waals surface area contributed by atoms with Gasteiger partial charge in [0, 0.05) is 26.2 Å². The van der Waals surface area contributed by atoms with Gasteiger partial charge in [-0.15, -0.1) is 5.54 Å². The summed E-state index contributed by atoms with van der Waals surface area (Å²) in [6.07, 6.45) is 3.57. The van der Waals surface area contributed by atoms with Crippen LogP contribution in [0.15, 0.2) is 0 Å². The van der Waals surface area contributed by atoms with Crippen LogP contribution in [-0.4, -0.2) is 12.1 Å². The topological polar surface area (TPSA) is 14.1 Å². The van der Waals surface area contributed by atoms with Gasteiger partial charge in [-0.2, -0.15) is 6.54 Å². The van der Waals surface area contributed by atoms with E-state index in [9.17, 15) is 0 Å². The minimum atomic E-state index is 0. The van der Waals surface area contributed by atoms with Crippen molar-refractivity contribution >= 4 is 0 Å². The van der Waals surface area contributed by atoms with Crippen molar-refractivity contribution in [2.75, 3.05) is 6.54 Å². The predicted molar refractivity (Wildman–Crippen MR) is 47.5 cm³/mol. The molecule has 0 saturated heterocycles. The third-order valence-electron chi connectivity index (χ3n) is 2.47. The third kappa shape index (κ3) is 4.42. The van der Waals surface area contributed by atoms with Crippen LogP contribution < -0.4 is 0 Å². The molecule has 0 aliphatic heterocycles. The first-order chi connectivity index (χ1) is 4.74. The molecule has 0 heterocycles. The van der Waals surface area contributed by atoms with Gasteiger partial charge in [0.1, 0.15) is 0 Å². The van der Waals surface area contributed by atoms with Gasteiger partial charge in [-0.1, -0.05) is 47.0 Å². The molecule has 0 unspecified atom stereocenters. The molecule has 0 bridgehead atoms. The first-order valence-corrected chi connectivity index (χ1v) is 4.43. The maximum Gasteiger partial charge on any atom is 0 e. The van der Waals surface area contributed by atoms with Crippen molar-refractivity contribution in [1.29, 1.82) is 0 Å². The van der Waals surface area contributed by atoms with E-state index in [0.717, 1.165) is 6.54 Å². The number of hydrogen-bond donors (Lipinski definition) is 0. The molecule has 0 N–H and O–H groups in total. The summed E-state index contributed by atoms with van der Waals surface area (Å²) in [4.78, 5) is 0. The first-order valence-electron chi connectivity index (χ1n) is 4.43. The minimum absolute atomic E-state index is 0. The van der Waals surface area contributed by atoms with E-state index in [1.54, 1.807) is 0 Å². The average Bonchev–Trinajstić information content (AvgIpc) is 2.01. The van der Waals surface area contributed by atoms with E-state index in [1.807, 2.05) is 0 Å². The Kier molecular flexibility index (Phi) is 9.79. The maximum atomic E-state index is 4.61. The molecule has 0 aliphatic carbocycles. The molecule has 0 atom stereocenters. The predicted octanol–water partition coefficient (Wildman–Crippen LogP) is 3.35.